The van der Waals surface area contributed by atoms with Gasteiger partial charge in [0.15, 0.2) is 0 Å². The Morgan fingerprint density at radius 3 is 3.27 bits per heavy atom. The Morgan fingerprint density at radius 1 is 1.40 bits per heavy atom. The first kappa shape index (κ1) is 9.04. The smallest absolute Gasteiger partial charge is 0.120 e. The van der Waals surface area contributed by atoms with Crippen LogP contribution in [0, 0.1) is 0 Å². The Bertz CT molecular complexity index is 378. The molecule has 1 aromatic carbocycles. The predicted octanol–water partition coefficient (Wildman–Crippen LogP) is 1.12. The SMILES string of the molecule is Oc1cccc2c1CCC1CNCCN21. The molecule has 2 aliphatic rings. The zero-order valence-corrected chi connectivity index (χ0v) is 8.74. The van der Waals surface area contributed by atoms with Gasteiger partial charge >= 0.3 is 0 Å². The van der Waals surface area contributed by atoms with Crippen molar-refractivity contribution in [2.24, 2.45) is 0 Å². The van der Waals surface area contributed by atoms with Crippen molar-refractivity contribution in [3.8, 4) is 5.75 Å². The maximum absolute atomic E-state index is 9.80. The lowest BCUT2D eigenvalue weighted by molar-refractivity contribution is 0.423. The van der Waals surface area contributed by atoms with Gasteiger partial charge in [0.25, 0.3) is 0 Å². The first-order valence-electron chi connectivity index (χ1n) is 5.64. The molecule has 1 atom stereocenters. The summed E-state index contributed by atoms with van der Waals surface area (Å²) in [4.78, 5) is 2.44. The molecule has 1 saturated heterocycles. The first-order valence-corrected chi connectivity index (χ1v) is 5.64. The van der Waals surface area contributed by atoms with Gasteiger partial charge in [-0.25, -0.2) is 0 Å². The summed E-state index contributed by atoms with van der Waals surface area (Å²) >= 11 is 0. The van der Waals surface area contributed by atoms with Crippen LogP contribution in [0.4, 0.5) is 5.69 Å². The second-order valence-electron chi connectivity index (χ2n) is 4.36. The Labute approximate surface area is 89.7 Å². The van der Waals surface area contributed by atoms with Gasteiger partial charge in [-0.1, -0.05) is 6.07 Å². The van der Waals surface area contributed by atoms with Crippen molar-refractivity contribution in [1.82, 2.24) is 5.32 Å². The maximum Gasteiger partial charge on any atom is 0.120 e. The van der Waals surface area contributed by atoms with Crippen LogP contribution in [0.15, 0.2) is 18.2 Å². The first-order chi connectivity index (χ1) is 7.36. The molecule has 1 fully saturated rings. The van der Waals surface area contributed by atoms with Gasteiger partial charge in [0.2, 0.25) is 0 Å². The van der Waals surface area contributed by atoms with E-state index in [2.05, 4.69) is 16.3 Å². The third kappa shape index (κ3) is 1.38. The Hall–Kier alpha value is -1.22. The van der Waals surface area contributed by atoms with E-state index in [9.17, 15) is 5.11 Å². The van der Waals surface area contributed by atoms with E-state index in [1.54, 1.807) is 6.07 Å². The summed E-state index contributed by atoms with van der Waals surface area (Å²) in [6.45, 7) is 3.18. The lowest BCUT2D eigenvalue weighted by Gasteiger charge is -2.42. The number of phenolic OH excluding ortho intramolecular Hbond substituents is 1. The van der Waals surface area contributed by atoms with E-state index < -0.39 is 0 Å². The zero-order chi connectivity index (χ0) is 10.3. The Kier molecular flexibility index (Phi) is 2.06. The van der Waals surface area contributed by atoms with Crippen LogP contribution in [0.2, 0.25) is 0 Å². The molecule has 3 nitrogen and oxygen atoms in total. The van der Waals surface area contributed by atoms with Crippen LogP contribution in [0.1, 0.15) is 12.0 Å². The fourth-order valence-electron chi connectivity index (χ4n) is 2.73. The summed E-state index contributed by atoms with van der Waals surface area (Å²) in [6.07, 6.45) is 2.16. The molecule has 3 rings (SSSR count). The number of hydrogen-bond donors (Lipinski definition) is 2. The third-order valence-electron chi connectivity index (χ3n) is 3.51. The van der Waals surface area contributed by atoms with E-state index in [0.717, 1.165) is 38.0 Å². The summed E-state index contributed by atoms with van der Waals surface area (Å²) in [5.74, 6) is 0.462. The fourth-order valence-corrected chi connectivity index (χ4v) is 2.73. The molecule has 2 heterocycles. The summed E-state index contributed by atoms with van der Waals surface area (Å²) in [5.41, 5.74) is 2.38. The predicted molar refractivity (Wildman–Crippen MR) is 60.4 cm³/mol. The number of piperazine rings is 1. The normalized spacial score (nSPS) is 24.5. The molecule has 15 heavy (non-hydrogen) atoms. The van der Waals surface area contributed by atoms with Gasteiger partial charge in [-0.05, 0) is 25.0 Å². The van der Waals surface area contributed by atoms with Crippen LogP contribution in [0.25, 0.3) is 0 Å². The summed E-state index contributed by atoms with van der Waals surface area (Å²) in [6, 6.07) is 6.49. The average Bonchev–Trinajstić information content (AvgIpc) is 2.29. The van der Waals surface area contributed by atoms with Gasteiger partial charge in [-0.3, -0.25) is 0 Å². The van der Waals surface area contributed by atoms with Gasteiger partial charge in [-0.2, -0.15) is 0 Å². The van der Waals surface area contributed by atoms with Crippen molar-refractivity contribution >= 4 is 5.69 Å². The third-order valence-corrected chi connectivity index (χ3v) is 3.51. The van der Waals surface area contributed by atoms with E-state index >= 15 is 0 Å². The number of phenols is 1. The van der Waals surface area contributed by atoms with E-state index in [1.807, 2.05) is 6.07 Å². The molecule has 0 spiro atoms. The minimum Gasteiger partial charge on any atom is -0.508 e. The van der Waals surface area contributed by atoms with Crippen molar-refractivity contribution < 1.29 is 5.11 Å². The summed E-state index contributed by atoms with van der Waals surface area (Å²) < 4.78 is 0. The lowest BCUT2D eigenvalue weighted by Crippen LogP contribution is -2.53. The molecule has 1 unspecified atom stereocenters. The number of anilines is 1. The number of aromatic hydroxyl groups is 1. The van der Waals surface area contributed by atoms with Crippen molar-refractivity contribution in [2.75, 3.05) is 24.5 Å². The molecule has 80 valence electrons. The largest absolute Gasteiger partial charge is 0.508 e. The number of fused-ring (bicyclic) bond motifs is 3. The van der Waals surface area contributed by atoms with E-state index in [4.69, 9.17) is 0 Å². The van der Waals surface area contributed by atoms with E-state index in [0.29, 0.717) is 11.8 Å². The fraction of sp³-hybridized carbons (Fsp3) is 0.500. The maximum atomic E-state index is 9.80. The van der Waals surface area contributed by atoms with Crippen molar-refractivity contribution in [3.63, 3.8) is 0 Å². The van der Waals surface area contributed by atoms with Crippen molar-refractivity contribution in [2.45, 2.75) is 18.9 Å². The molecule has 0 aromatic heterocycles. The topological polar surface area (TPSA) is 35.5 Å². The quantitative estimate of drug-likeness (QED) is 0.664. The molecular formula is C12H16N2O. The molecule has 2 aliphatic heterocycles. The average molecular weight is 204 g/mol. The monoisotopic (exact) mass is 204 g/mol. The number of benzene rings is 1. The van der Waals surface area contributed by atoms with Crippen LogP contribution in [-0.2, 0) is 6.42 Å². The molecule has 0 bridgehead atoms. The van der Waals surface area contributed by atoms with Crippen LogP contribution >= 0.6 is 0 Å². The summed E-state index contributed by atoms with van der Waals surface area (Å²) in [5, 5.41) is 13.2. The zero-order valence-electron chi connectivity index (χ0n) is 8.74. The van der Waals surface area contributed by atoms with Crippen LogP contribution < -0.4 is 10.2 Å². The molecule has 3 heteroatoms. The van der Waals surface area contributed by atoms with E-state index in [1.165, 1.54) is 5.69 Å². The highest BCUT2D eigenvalue weighted by Crippen LogP contribution is 2.36. The highest BCUT2D eigenvalue weighted by Gasteiger charge is 2.29. The van der Waals surface area contributed by atoms with Gasteiger partial charge in [-0.15, -0.1) is 0 Å². The minimum absolute atomic E-state index is 0.462. The van der Waals surface area contributed by atoms with E-state index in [-0.39, 0.29) is 0 Å². The number of nitrogens with one attached hydrogen (secondary N) is 1. The molecule has 0 amide bonds. The highest BCUT2D eigenvalue weighted by molar-refractivity contribution is 5.61. The lowest BCUT2D eigenvalue weighted by atomic mass is 9.94. The van der Waals surface area contributed by atoms with Crippen LogP contribution in [0.5, 0.6) is 5.75 Å². The number of nitrogens with zero attached hydrogens (tertiary/aromatic N) is 1. The highest BCUT2D eigenvalue weighted by atomic mass is 16.3. The number of rotatable bonds is 0. The van der Waals surface area contributed by atoms with Crippen LogP contribution in [-0.4, -0.2) is 30.8 Å². The second-order valence-corrected chi connectivity index (χ2v) is 4.36. The van der Waals surface area contributed by atoms with Gasteiger partial charge in [0.05, 0.1) is 0 Å². The molecule has 0 saturated carbocycles. The van der Waals surface area contributed by atoms with Crippen LogP contribution in [0.3, 0.4) is 0 Å². The molecule has 2 N–H and O–H groups in total. The minimum atomic E-state index is 0.462. The van der Waals surface area contributed by atoms with Crippen molar-refractivity contribution in [3.05, 3.63) is 23.8 Å². The molecule has 1 aromatic rings. The standard InChI is InChI=1S/C12H16N2O/c15-12-3-1-2-11-10(12)5-4-9-8-13-6-7-14(9)11/h1-3,9,13,15H,4-8H2. The summed E-state index contributed by atoms with van der Waals surface area (Å²) in [7, 11) is 0. The Balaban J connectivity index is 2.03. The number of hydrogen-bond acceptors (Lipinski definition) is 3. The van der Waals surface area contributed by atoms with Crippen molar-refractivity contribution in [1.29, 1.82) is 0 Å². The molecule has 0 radical (unpaired) electrons. The van der Waals surface area contributed by atoms with Gasteiger partial charge in [0.1, 0.15) is 5.75 Å². The molecular weight excluding hydrogens is 188 g/mol. The Morgan fingerprint density at radius 2 is 2.33 bits per heavy atom. The van der Waals surface area contributed by atoms with Gasteiger partial charge in [0, 0.05) is 36.9 Å². The van der Waals surface area contributed by atoms with Gasteiger partial charge < -0.3 is 15.3 Å². The second kappa shape index (κ2) is 3.42. The molecule has 0 aliphatic carbocycles.